The third-order valence-corrected chi connectivity index (χ3v) is 1.83. The molecule has 122 valence electrons. The molecule has 0 radical (unpaired) electrons. The van der Waals surface area contributed by atoms with E-state index in [9.17, 15) is 15.3 Å². The van der Waals surface area contributed by atoms with Crippen LogP contribution < -0.4 is 15.3 Å². The molecule has 0 unspecified atom stereocenters. The second kappa shape index (κ2) is 32.3. The van der Waals surface area contributed by atoms with E-state index in [4.69, 9.17) is 0 Å². The van der Waals surface area contributed by atoms with Gasteiger partial charge >= 0.3 is 21.7 Å². The predicted octanol–water partition coefficient (Wildman–Crippen LogP) is 1.46. The molecule has 0 bridgehead atoms. The number of allylic oxidation sites excluding steroid dienone is 4. The molecular formula is C18H28O3Ti. The average molecular weight is 340 g/mol. The SMILES string of the molecule is C=CCC[O-].C=CCC[O-].C=CCC[O-].CC1=[C-]CC=C1.[Ti+4]. The van der Waals surface area contributed by atoms with Gasteiger partial charge in [0.25, 0.3) is 0 Å². The van der Waals surface area contributed by atoms with Gasteiger partial charge in [0.15, 0.2) is 0 Å². The van der Waals surface area contributed by atoms with Gasteiger partial charge in [0.1, 0.15) is 0 Å². The molecule has 0 spiro atoms. The van der Waals surface area contributed by atoms with E-state index in [2.05, 4.69) is 44.9 Å². The first-order chi connectivity index (χ1) is 10.1. The third kappa shape index (κ3) is 42.7. The quantitative estimate of drug-likeness (QED) is 0.418. The molecule has 0 fully saturated rings. The van der Waals surface area contributed by atoms with E-state index >= 15 is 0 Å². The standard InChI is InChI=1S/C6H7.3C4H7O.Ti/c1-6-4-2-3-5-6;3*1-2-3-4-5;/h2,4H,3H2,1H3;3*2H,1,3-4H2;/q4*-1;+4. The van der Waals surface area contributed by atoms with E-state index in [1.807, 2.05) is 0 Å². The van der Waals surface area contributed by atoms with Crippen molar-refractivity contribution in [2.75, 3.05) is 19.8 Å². The van der Waals surface area contributed by atoms with Crippen LogP contribution in [0.25, 0.3) is 0 Å². The minimum atomic E-state index is -0.0243. The molecule has 0 aromatic heterocycles. The fourth-order valence-corrected chi connectivity index (χ4v) is 0.765. The summed E-state index contributed by atoms with van der Waals surface area (Å²) in [5.41, 5.74) is 1.27. The smallest absolute Gasteiger partial charge is 0.854 e. The minimum absolute atomic E-state index is 0. The molecule has 0 aromatic carbocycles. The summed E-state index contributed by atoms with van der Waals surface area (Å²) in [5.74, 6) is 0. The Morgan fingerprint density at radius 3 is 1.36 bits per heavy atom. The van der Waals surface area contributed by atoms with Crippen LogP contribution in [0.1, 0.15) is 32.6 Å². The van der Waals surface area contributed by atoms with Crippen LogP contribution in [0.15, 0.2) is 55.7 Å². The summed E-state index contributed by atoms with van der Waals surface area (Å²) in [4.78, 5) is 0. The van der Waals surface area contributed by atoms with E-state index in [0.29, 0.717) is 19.3 Å². The van der Waals surface area contributed by atoms with Gasteiger partial charge in [-0.2, -0.15) is 6.08 Å². The summed E-state index contributed by atoms with van der Waals surface area (Å²) in [5, 5.41) is 28.4. The van der Waals surface area contributed by atoms with Gasteiger partial charge in [-0.3, -0.25) is 6.08 Å². The zero-order valence-corrected chi connectivity index (χ0v) is 15.2. The molecule has 0 amide bonds. The van der Waals surface area contributed by atoms with Gasteiger partial charge in [0.05, 0.1) is 0 Å². The molecule has 3 nitrogen and oxygen atoms in total. The zero-order valence-electron chi connectivity index (χ0n) is 13.7. The molecule has 4 heteroatoms. The van der Waals surface area contributed by atoms with Gasteiger partial charge in [0, 0.05) is 0 Å². The molecule has 0 saturated heterocycles. The van der Waals surface area contributed by atoms with E-state index in [1.54, 1.807) is 18.2 Å². The van der Waals surface area contributed by atoms with Crippen molar-refractivity contribution >= 4 is 0 Å². The van der Waals surface area contributed by atoms with Crippen LogP contribution in [-0.4, -0.2) is 19.8 Å². The van der Waals surface area contributed by atoms with Crippen LogP contribution >= 0.6 is 0 Å². The molecule has 0 N–H and O–H groups in total. The summed E-state index contributed by atoms with van der Waals surface area (Å²) in [7, 11) is 0. The van der Waals surface area contributed by atoms with E-state index in [0.717, 1.165) is 6.42 Å². The monoisotopic (exact) mass is 340 g/mol. The molecule has 0 heterocycles. The minimum Gasteiger partial charge on any atom is -0.854 e. The molecule has 22 heavy (non-hydrogen) atoms. The summed E-state index contributed by atoms with van der Waals surface area (Å²) in [6, 6.07) is 0. The van der Waals surface area contributed by atoms with Crippen molar-refractivity contribution in [3.63, 3.8) is 0 Å². The largest absolute Gasteiger partial charge is 4.00 e. The van der Waals surface area contributed by atoms with E-state index in [-0.39, 0.29) is 41.5 Å². The van der Waals surface area contributed by atoms with Crippen molar-refractivity contribution < 1.29 is 37.0 Å². The molecule has 1 aliphatic carbocycles. The Bertz CT molecular complexity index is 258. The molecule has 0 aromatic rings. The first-order valence-corrected chi connectivity index (χ1v) is 6.95. The molecule has 0 aliphatic heterocycles. The average Bonchev–Trinajstić information content (AvgIpc) is 2.95. The molecule has 1 aliphatic rings. The Morgan fingerprint density at radius 1 is 0.955 bits per heavy atom. The Morgan fingerprint density at radius 2 is 1.32 bits per heavy atom. The maximum atomic E-state index is 9.46. The molecule has 0 saturated carbocycles. The number of rotatable bonds is 6. The Kier molecular flexibility index (Phi) is 43.0. The normalized spacial score (nSPS) is 10.1. The van der Waals surface area contributed by atoms with Crippen LogP contribution in [0.2, 0.25) is 0 Å². The fraction of sp³-hybridized carbons (Fsp3) is 0.444. The van der Waals surface area contributed by atoms with Gasteiger partial charge in [0.2, 0.25) is 0 Å². The molecule has 1 rings (SSSR count). The van der Waals surface area contributed by atoms with Crippen molar-refractivity contribution in [2.45, 2.75) is 32.6 Å². The van der Waals surface area contributed by atoms with Crippen LogP contribution in [-0.2, 0) is 21.7 Å². The molecular weight excluding hydrogens is 312 g/mol. The van der Waals surface area contributed by atoms with Crippen molar-refractivity contribution in [2.24, 2.45) is 0 Å². The number of hydrogen-bond acceptors (Lipinski definition) is 3. The van der Waals surface area contributed by atoms with Gasteiger partial charge in [-0.15, -0.1) is 46.0 Å². The maximum Gasteiger partial charge on any atom is 4.00 e. The van der Waals surface area contributed by atoms with Gasteiger partial charge in [-0.25, -0.2) is 11.6 Å². The van der Waals surface area contributed by atoms with Crippen molar-refractivity contribution in [1.82, 2.24) is 0 Å². The van der Waals surface area contributed by atoms with Crippen LogP contribution in [0, 0.1) is 6.08 Å². The van der Waals surface area contributed by atoms with Gasteiger partial charge in [-0.1, -0.05) is 44.4 Å². The second-order valence-corrected chi connectivity index (χ2v) is 3.81. The summed E-state index contributed by atoms with van der Waals surface area (Å²) < 4.78 is 0. The van der Waals surface area contributed by atoms with E-state index < -0.39 is 0 Å². The van der Waals surface area contributed by atoms with E-state index in [1.165, 1.54) is 5.57 Å². The Labute approximate surface area is 151 Å². The van der Waals surface area contributed by atoms with Crippen molar-refractivity contribution in [1.29, 1.82) is 0 Å². The Hall–Kier alpha value is -0.706. The predicted molar refractivity (Wildman–Crippen MR) is 85.2 cm³/mol. The topological polar surface area (TPSA) is 69.2 Å². The second-order valence-electron chi connectivity index (χ2n) is 3.81. The third-order valence-electron chi connectivity index (χ3n) is 1.83. The first kappa shape index (κ1) is 29.3. The Balaban J connectivity index is -0.0000000973. The summed E-state index contributed by atoms with van der Waals surface area (Å²) in [6.07, 6.45) is 15.0. The summed E-state index contributed by atoms with van der Waals surface area (Å²) in [6.45, 7) is 12.0. The maximum absolute atomic E-state index is 9.46. The van der Waals surface area contributed by atoms with Crippen LogP contribution in [0.4, 0.5) is 0 Å². The first-order valence-electron chi connectivity index (χ1n) is 6.95. The van der Waals surface area contributed by atoms with Crippen molar-refractivity contribution in [3.8, 4) is 0 Å². The van der Waals surface area contributed by atoms with Gasteiger partial charge in [-0.05, 0) is 0 Å². The number of hydrogen-bond donors (Lipinski definition) is 0. The zero-order chi connectivity index (χ0) is 16.8. The van der Waals surface area contributed by atoms with Crippen LogP contribution in [0.3, 0.4) is 0 Å². The van der Waals surface area contributed by atoms with Crippen molar-refractivity contribution in [3.05, 3.63) is 61.8 Å². The summed E-state index contributed by atoms with van der Waals surface area (Å²) >= 11 is 0. The van der Waals surface area contributed by atoms with Crippen LogP contribution in [0.5, 0.6) is 0 Å². The fourth-order valence-electron chi connectivity index (χ4n) is 0.765. The van der Waals surface area contributed by atoms with Gasteiger partial charge < -0.3 is 15.3 Å². The molecule has 0 atom stereocenters.